The first-order chi connectivity index (χ1) is 10.8. The van der Waals surface area contributed by atoms with Gasteiger partial charge in [0.2, 0.25) is 5.91 Å². The summed E-state index contributed by atoms with van der Waals surface area (Å²) in [5.74, 6) is -0.171. The topological polar surface area (TPSA) is 95.1 Å². The van der Waals surface area contributed by atoms with E-state index in [-0.39, 0.29) is 12.3 Å². The molecule has 23 heavy (non-hydrogen) atoms. The Balaban J connectivity index is 1.90. The van der Waals surface area contributed by atoms with Crippen molar-refractivity contribution in [3.63, 3.8) is 0 Å². The molecular weight excluding hydrogens is 294 g/mol. The van der Waals surface area contributed by atoms with Gasteiger partial charge in [-0.2, -0.15) is 0 Å². The van der Waals surface area contributed by atoms with Gasteiger partial charge in [-0.1, -0.05) is 12.1 Å². The molecule has 0 spiro atoms. The van der Waals surface area contributed by atoms with Crippen LogP contribution >= 0.6 is 0 Å². The van der Waals surface area contributed by atoms with Crippen molar-refractivity contribution in [3.8, 4) is 0 Å². The number of aromatic nitrogens is 2. The average Bonchev–Trinajstić information content (AvgIpc) is 2.87. The molecule has 6 nitrogen and oxygen atoms in total. The maximum Gasteiger partial charge on any atom is 0.303 e. The van der Waals surface area contributed by atoms with E-state index < -0.39 is 11.5 Å². The van der Waals surface area contributed by atoms with Crippen LogP contribution in [0.4, 0.5) is 0 Å². The van der Waals surface area contributed by atoms with Crippen molar-refractivity contribution in [3.05, 3.63) is 29.6 Å². The Hall–Kier alpha value is -2.37. The summed E-state index contributed by atoms with van der Waals surface area (Å²) in [6, 6.07) is 5.94. The van der Waals surface area contributed by atoms with Crippen molar-refractivity contribution in [2.24, 2.45) is 0 Å². The van der Waals surface area contributed by atoms with Crippen LogP contribution in [0.15, 0.2) is 18.2 Å². The fraction of sp³-hybridized carbons (Fsp3) is 0.471. The van der Waals surface area contributed by atoms with Gasteiger partial charge in [-0.3, -0.25) is 9.59 Å². The third kappa shape index (κ3) is 4.81. The van der Waals surface area contributed by atoms with Crippen LogP contribution in [0, 0.1) is 6.92 Å². The van der Waals surface area contributed by atoms with Crippen molar-refractivity contribution in [2.75, 3.05) is 0 Å². The number of aromatic amines is 1. The second-order valence-corrected chi connectivity index (χ2v) is 6.48. The number of para-hydroxylation sites is 1. The van der Waals surface area contributed by atoms with Gasteiger partial charge in [0.25, 0.3) is 0 Å². The number of imidazole rings is 1. The van der Waals surface area contributed by atoms with E-state index in [2.05, 4.69) is 15.3 Å². The number of fused-ring (bicyclic) bond motifs is 1. The van der Waals surface area contributed by atoms with Gasteiger partial charge >= 0.3 is 5.97 Å². The minimum Gasteiger partial charge on any atom is -0.481 e. The Labute approximate surface area is 135 Å². The van der Waals surface area contributed by atoms with E-state index in [4.69, 9.17) is 5.11 Å². The van der Waals surface area contributed by atoms with E-state index in [1.807, 2.05) is 39.0 Å². The number of carbonyl (C=O) groups is 2. The van der Waals surface area contributed by atoms with Crippen molar-refractivity contribution in [1.29, 1.82) is 0 Å². The number of benzene rings is 1. The molecule has 1 heterocycles. The Morgan fingerprint density at radius 1 is 1.30 bits per heavy atom. The monoisotopic (exact) mass is 317 g/mol. The van der Waals surface area contributed by atoms with Crippen molar-refractivity contribution >= 4 is 22.9 Å². The summed E-state index contributed by atoms with van der Waals surface area (Å²) < 4.78 is 0. The number of aliphatic carboxylic acids is 1. The molecular formula is C17H23N3O3. The van der Waals surface area contributed by atoms with Gasteiger partial charge < -0.3 is 15.4 Å². The average molecular weight is 317 g/mol. The number of hydrogen-bond donors (Lipinski definition) is 3. The minimum atomic E-state index is -0.857. The largest absolute Gasteiger partial charge is 0.481 e. The number of nitrogens with zero attached hydrogens (tertiary/aromatic N) is 1. The number of carboxylic acid groups (broad SMARTS) is 1. The maximum atomic E-state index is 12.1. The van der Waals surface area contributed by atoms with Gasteiger partial charge in [0.05, 0.1) is 11.0 Å². The fourth-order valence-electron chi connectivity index (χ4n) is 2.50. The number of carbonyl (C=O) groups excluding carboxylic acids is 1. The summed E-state index contributed by atoms with van der Waals surface area (Å²) in [5, 5.41) is 11.6. The molecule has 2 rings (SSSR count). The molecule has 1 amide bonds. The molecule has 1 aromatic heterocycles. The van der Waals surface area contributed by atoms with Crippen LogP contribution in [0.5, 0.6) is 0 Å². The molecule has 0 saturated heterocycles. The molecule has 0 fully saturated rings. The molecule has 0 aliphatic rings. The first-order valence-corrected chi connectivity index (χ1v) is 7.74. The third-order valence-corrected chi connectivity index (χ3v) is 3.79. The van der Waals surface area contributed by atoms with Crippen LogP contribution in [-0.2, 0) is 16.0 Å². The highest BCUT2D eigenvalue weighted by molar-refractivity contribution is 5.79. The van der Waals surface area contributed by atoms with E-state index in [1.54, 1.807) is 0 Å². The summed E-state index contributed by atoms with van der Waals surface area (Å²) in [4.78, 5) is 30.4. The van der Waals surface area contributed by atoms with Crippen molar-refractivity contribution < 1.29 is 14.7 Å². The van der Waals surface area contributed by atoms with E-state index in [1.165, 1.54) is 0 Å². The van der Waals surface area contributed by atoms with Crippen LogP contribution in [0.1, 0.15) is 44.5 Å². The van der Waals surface area contributed by atoms with E-state index in [0.29, 0.717) is 19.3 Å². The second kappa shape index (κ2) is 6.81. The zero-order valence-corrected chi connectivity index (χ0v) is 13.8. The molecule has 0 atom stereocenters. The first-order valence-electron chi connectivity index (χ1n) is 7.74. The summed E-state index contributed by atoms with van der Waals surface area (Å²) in [5.41, 5.74) is 2.48. The summed E-state index contributed by atoms with van der Waals surface area (Å²) in [7, 11) is 0. The number of H-pyrrole nitrogens is 1. The normalized spacial score (nSPS) is 11.6. The zero-order chi connectivity index (χ0) is 17.0. The number of amides is 1. The molecule has 1 aromatic carbocycles. The lowest BCUT2D eigenvalue weighted by atomic mass is 9.98. The van der Waals surface area contributed by atoms with Gasteiger partial charge in [0.1, 0.15) is 5.82 Å². The molecule has 0 aliphatic carbocycles. The number of nitrogens with one attached hydrogen (secondary N) is 2. The van der Waals surface area contributed by atoms with Crippen LogP contribution in [0.25, 0.3) is 11.0 Å². The van der Waals surface area contributed by atoms with E-state index >= 15 is 0 Å². The van der Waals surface area contributed by atoms with Crippen LogP contribution in [0.2, 0.25) is 0 Å². The lowest BCUT2D eigenvalue weighted by Gasteiger charge is -2.25. The molecule has 0 saturated carbocycles. The summed E-state index contributed by atoms with van der Waals surface area (Å²) >= 11 is 0. The Kier molecular flexibility index (Phi) is 5.03. The number of rotatable bonds is 7. The Bertz CT molecular complexity index is 719. The Morgan fingerprint density at radius 2 is 2.04 bits per heavy atom. The fourth-order valence-corrected chi connectivity index (χ4v) is 2.50. The highest BCUT2D eigenvalue weighted by atomic mass is 16.4. The molecule has 6 heteroatoms. The number of carboxylic acids is 1. The van der Waals surface area contributed by atoms with Crippen LogP contribution in [0.3, 0.4) is 0 Å². The van der Waals surface area contributed by atoms with Crippen molar-refractivity contribution in [2.45, 2.75) is 52.0 Å². The number of hydrogen-bond acceptors (Lipinski definition) is 3. The molecule has 0 bridgehead atoms. The highest BCUT2D eigenvalue weighted by Gasteiger charge is 2.21. The lowest BCUT2D eigenvalue weighted by molar-refractivity contribution is -0.137. The van der Waals surface area contributed by atoms with Crippen LogP contribution < -0.4 is 5.32 Å². The van der Waals surface area contributed by atoms with Crippen LogP contribution in [-0.4, -0.2) is 32.5 Å². The molecule has 0 radical (unpaired) electrons. The predicted molar refractivity (Wildman–Crippen MR) is 88.2 cm³/mol. The summed E-state index contributed by atoms with van der Waals surface area (Å²) in [6.07, 6.45) is 1.28. The van der Waals surface area contributed by atoms with Gasteiger partial charge in [-0.15, -0.1) is 0 Å². The molecule has 0 unspecified atom stereocenters. The Morgan fingerprint density at radius 3 is 2.70 bits per heavy atom. The smallest absolute Gasteiger partial charge is 0.303 e. The van der Waals surface area contributed by atoms with Gasteiger partial charge in [-0.05, 0) is 38.8 Å². The SMILES string of the molecule is Cc1cccc2[nH]c(CCC(=O)NC(C)(C)CCC(=O)O)nc12. The number of aryl methyl sites for hydroxylation is 2. The molecule has 2 aromatic rings. The van der Waals surface area contributed by atoms with Gasteiger partial charge in [0, 0.05) is 24.8 Å². The standard InChI is InChI=1S/C17H23N3O3/c1-11-5-4-6-12-16(11)19-13(18-12)7-8-14(21)20-17(2,3)10-9-15(22)23/h4-6H,7-10H2,1-3H3,(H,18,19)(H,20,21)(H,22,23). The van der Waals surface area contributed by atoms with E-state index in [9.17, 15) is 9.59 Å². The zero-order valence-electron chi connectivity index (χ0n) is 13.8. The minimum absolute atomic E-state index is 0.0378. The maximum absolute atomic E-state index is 12.1. The van der Waals surface area contributed by atoms with Crippen molar-refractivity contribution in [1.82, 2.24) is 15.3 Å². The molecule has 0 aliphatic heterocycles. The molecule has 3 N–H and O–H groups in total. The lowest BCUT2D eigenvalue weighted by Crippen LogP contribution is -2.43. The summed E-state index contributed by atoms with van der Waals surface area (Å²) in [6.45, 7) is 5.67. The van der Waals surface area contributed by atoms with E-state index in [0.717, 1.165) is 22.4 Å². The second-order valence-electron chi connectivity index (χ2n) is 6.48. The quantitative estimate of drug-likeness (QED) is 0.731. The van der Waals surface area contributed by atoms with Gasteiger partial charge in [0.15, 0.2) is 0 Å². The first kappa shape index (κ1) is 17.0. The molecule has 124 valence electrons. The van der Waals surface area contributed by atoms with Gasteiger partial charge in [-0.25, -0.2) is 4.98 Å². The third-order valence-electron chi connectivity index (χ3n) is 3.79. The predicted octanol–water partition coefficient (Wildman–Crippen LogP) is 2.56. The highest BCUT2D eigenvalue weighted by Crippen LogP contribution is 2.16.